The lowest BCUT2D eigenvalue weighted by Crippen LogP contribution is -2.41. The molecule has 0 aromatic heterocycles. The first kappa shape index (κ1) is 23.5. The van der Waals surface area contributed by atoms with E-state index in [1.165, 1.54) is 6.92 Å². The van der Waals surface area contributed by atoms with E-state index < -0.39 is 25.4 Å². The van der Waals surface area contributed by atoms with E-state index in [0.717, 1.165) is 12.8 Å². The van der Waals surface area contributed by atoms with Crippen LogP contribution in [0.2, 0.25) is 0 Å². The second kappa shape index (κ2) is 11.2. The quantitative estimate of drug-likeness (QED) is 0.359. The Bertz CT molecular complexity index is 432. The van der Waals surface area contributed by atoms with Gasteiger partial charge in [0.05, 0.1) is 6.07 Å². The van der Waals surface area contributed by atoms with Crippen molar-refractivity contribution in [1.82, 2.24) is 4.67 Å². The van der Waals surface area contributed by atoms with Gasteiger partial charge in [0.1, 0.15) is 11.9 Å². The highest BCUT2D eigenvalue weighted by atomic mass is 31.2. The van der Waals surface area contributed by atoms with Crippen molar-refractivity contribution in [2.75, 3.05) is 13.2 Å². The number of aliphatic hydroxyl groups excluding tert-OH is 2. The summed E-state index contributed by atoms with van der Waals surface area (Å²) < 4.78 is 20.8. The largest absolute Gasteiger partial charge is 0.396 e. The van der Waals surface area contributed by atoms with Crippen LogP contribution in [-0.2, 0) is 9.09 Å². The third-order valence-corrected chi connectivity index (χ3v) is 7.17. The van der Waals surface area contributed by atoms with E-state index in [-0.39, 0.29) is 18.7 Å². The Balaban J connectivity index is 5.65. The zero-order valence-electron chi connectivity index (χ0n) is 15.6. The number of hydrogen-bond acceptors (Lipinski definition) is 6. The molecule has 0 aliphatic heterocycles. The molecular formula is C16H34N3O4P. The topological polar surface area (TPSA) is 120 Å². The van der Waals surface area contributed by atoms with Crippen LogP contribution in [-0.4, -0.2) is 52.1 Å². The molecular weight excluding hydrogens is 329 g/mol. The Morgan fingerprint density at radius 1 is 1.21 bits per heavy atom. The highest BCUT2D eigenvalue weighted by molar-refractivity contribution is 7.57. The average Bonchev–Trinajstić information content (AvgIpc) is 2.49. The lowest BCUT2D eigenvalue weighted by atomic mass is 10.0. The Labute approximate surface area is 146 Å². The molecule has 0 radical (unpaired) electrons. The molecule has 0 saturated carbocycles. The Kier molecular flexibility index (Phi) is 11.0. The van der Waals surface area contributed by atoms with E-state index in [0.29, 0.717) is 13.0 Å². The fraction of sp³-hybridized carbons (Fsp3) is 0.938. The molecule has 0 heterocycles. The molecule has 0 amide bonds. The maximum absolute atomic E-state index is 13.7. The first-order valence-corrected chi connectivity index (χ1v) is 10.3. The van der Waals surface area contributed by atoms with Crippen molar-refractivity contribution in [3.05, 3.63) is 0 Å². The van der Waals surface area contributed by atoms with Gasteiger partial charge < -0.3 is 15.9 Å². The van der Waals surface area contributed by atoms with Gasteiger partial charge in [-0.2, -0.15) is 5.26 Å². The van der Waals surface area contributed by atoms with Crippen LogP contribution in [0.15, 0.2) is 0 Å². The highest BCUT2D eigenvalue weighted by Crippen LogP contribution is 2.59. The number of unbranched alkanes of at least 4 members (excludes halogenated alkanes) is 1. The predicted octanol–water partition coefficient (Wildman–Crippen LogP) is 2.28. The summed E-state index contributed by atoms with van der Waals surface area (Å²) in [5, 5.41) is 29.5. The van der Waals surface area contributed by atoms with Crippen molar-refractivity contribution in [3.8, 4) is 6.07 Å². The third-order valence-electron chi connectivity index (χ3n) is 3.89. The molecule has 0 bridgehead atoms. The third kappa shape index (κ3) is 6.44. The van der Waals surface area contributed by atoms with E-state index in [2.05, 4.69) is 0 Å². The van der Waals surface area contributed by atoms with Gasteiger partial charge in [0.2, 0.25) is 0 Å². The molecule has 0 saturated heterocycles. The summed E-state index contributed by atoms with van der Waals surface area (Å²) in [4.78, 5) is 0. The molecule has 4 N–H and O–H groups in total. The summed E-state index contributed by atoms with van der Waals surface area (Å²) in [7, 11) is -3.75. The molecule has 7 nitrogen and oxygen atoms in total. The summed E-state index contributed by atoms with van der Waals surface area (Å²) in [5.74, 6) is -1.95. The minimum atomic E-state index is -3.75. The smallest absolute Gasteiger partial charge is 0.302 e. The van der Waals surface area contributed by atoms with E-state index in [1.54, 1.807) is 4.67 Å². The standard InChI is InChI=1S/C16H34N3O4P/c1-12(2)19(13(3)4)24(22,23-14(5)10-18)16(21)15(11-20)8-6-7-9-17/h12-16,20-21H,6-9,11,17H2,1-5H3. The summed E-state index contributed by atoms with van der Waals surface area (Å²) in [6.07, 6.45) is 1.05. The molecule has 0 aliphatic carbocycles. The van der Waals surface area contributed by atoms with Gasteiger partial charge >= 0.3 is 7.52 Å². The molecule has 4 unspecified atom stereocenters. The van der Waals surface area contributed by atoms with Crippen LogP contribution in [0.4, 0.5) is 0 Å². The molecule has 8 heteroatoms. The number of hydrogen-bond donors (Lipinski definition) is 3. The van der Waals surface area contributed by atoms with Crippen molar-refractivity contribution >= 4 is 7.52 Å². The van der Waals surface area contributed by atoms with Crippen LogP contribution >= 0.6 is 7.52 Å². The lowest BCUT2D eigenvalue weighted by Gasteiger charge is -2.41. The van der Waals surface area contributed by atoms with Gasteiger partial charge in [-0.3, -0.25) is 9.09 Å². The van der Waals surface area contributed by atoms with Gasteiger partial charge in [-0.05, 0) is 54.0 Å². The van der Waals surface area contributed by atoms with Crippen LogP contribution in [0.1, 0.15) is 53.9 Å². The van der Waals surface area contributed by atoms with E-state index in [1.807, 2.05) is 33.8 Å². The molecule has 142 valence electrons. The van der Waals surface area contributed by atoms with Crippen molar-refractivity contribution < 1.29 is 19.3 Å². The number of nitrogens with zero attached hydrogens (tertiary/aromatic N) is 2. The second-order valence-corrected chi connectivity index (χ2v) is 8.98. The Morgan fingerprint density at radius 2 is 1.75 bits per heavy atom. The van der Waals surface area contributed by atoms with Crippen LogP contribution in [0, 0.1) is 17.2 Å². The van der Waals surface area contributed by atoms with Crippen LogP contribution < -0.4 is 5.73 Å². The zero-order chi connectivity index (χ0) is 18.9. The first-order chi connectivity index (χ1) is 11.1. The summed E-state index contributed by atoms with van der Waals surface area (Å²) in [6, 6.07) is 1.60. The van der Waals surface area contributed by atoms with Gasteiger partial charge in [-0.15, -0.1) is 0 Å². The van der Waals surface area contributed by atoms with Crippen molar-refractivity contribution in [1.29, 1.82) is 5.26 Å². The molecule has 4 atom stereocenters. The number of nitrogens with two attached hydrogens (primary N) is 1. The number of rotatable bonds is 12. The van der Waals surface area contributed by atoms with Gasteiger partial charge in [0.15, 0.2) is 0 Å². The summed E-state index contributed by atoms with van der Waals surface area (Å²) in [5.41, 5.74) is 5.48. The first-order valence-electron chi connectivity index (χ1n) is 8.61. The normalized spacial score (nSPS) is 18.4. The zero-order valence-corrected chi connectivity index (χ0v) is 16.4. The van der Waals surface area contributed by atoms with E-state index in [4.69, 9.17) is 15.5 Å². The monoisotopic (exact) mass is 363 g/mol. The minimum absolute atomic E-state index is 0.153. The van der Waals surface area contributed by atoms with E-state index in [9.17, 15) is 14.8 Å². The van der Waals surface area contributed by atoms with Gasteiger partial charge in [-0.1, -0.05) is 6.42 Å². The molecule has 0 aromatic carbocycles. The van der Waals surface area contributed by atoms with Crippen molar-refractivity contribution in [2.24, 2.45) is 11.7 Å². The van der Waals surface area contributed by atoms with Crippen LogP contribution in [0.5, 0.6) is 0 Å². The van der Waals surface area contributed by atoms with Crippen LogP contribution in [0.3, 0.4) is 0 Å². The van der Waals surface area contributed by atoms with Crippen molar-refractivity contribution in [3.63, 3.8) is 0 Å². The van der Waals surface area contributed by atoms with Gasteiger partial charge in [0, 0.05) is 24.6 Å². The summed E-state index contributed by atoms with van der Waals surface area (Å²) >= 11 is 0. The average molecular weight is 363 g/mol. The molecule has 0 aromatic rings. The predicted molar refractivity (Wildman–Crippen MR) is 95.4 cm³/mol. The van der Waals surface area contributed by atoms with Gasteiger partial charge in [-0.25, -0.2) is 4.67 Å². The molecule has 0 fully saturated rings. The van der Waals surface area contributed by atoms with Crippen LogP contribution in [0.25, 0.3) is 0 Å². The van der Waals surface area contributed by atoms with Gasteiger partial charge in [0.25, 0.3) is 0 Å². The Morgan fingerprint density at radius 3 is 2.12 bits per heavy atom. The second-order valence-electron chi connectivity index (χ2n) is 6.65. The van der Waals surface area contributed by atoms with E-state index >= 15 is 0 Å². The fourth-order valence-corrected chi connectivity index (χ4v) is 5.97. The summed E-state index contributed by atoms with van der Waals surface area (Å²) in [6.45, 7) is 9.18. The number of aliphatic hydroxyl groups is 2. The number of nitriles is 1. The maximum Gasteiger partial charge on any atom is 0.302 e. The molecule has 0 aliphatic rings. The van der Waals surface area contributed by atoms with Crippen molar-refractivity contribution in [2.45, 2.75) is 77.9 Å². The maximum atomic E-state index is 13.7. The molecule has 24 heavy (non-hydrogen) atoms. The minimum Gasteiger partial charge on any atom is -0.396 e. The Hall–Kier alpha value is -0.480. The SMILES string of the molecule is CC(C#N)OP(=O)(C(O)C(CO)CCCCN)N(C(C)C)C(C)C. The lowest BCUT2D eigenvalue weighted by molar-refractivity contribution is 0.0771. The highest BCUT2D eigenvalue weighted by Gasteiger charge is 2.46. The fourth-order valence-electron chi connectivity index (χ4n) is 2.90. The molecule has 0 spiro atoms. The molecule has 0 rings (SSSR count).